The number of hydrogen-bond donors (Lipinski definition) is 1. The molecule has 0 fully saturated rings. The van der Waals surface area contributed by atoms with Crippen LogP contribution in [0.25, 0.3) is 0 Å². The van der Waals surface area contributed by atoms with Crippen LogP contribution in [0.2, 0.25) is 0 Å². The lowest BCUT2D eigenvalue weighted by Crippen LogP contribution is -2.12. The fourth-order valence-corrected chi connectivity index (χ4v) is 1.83. The normalized spacial score (nSPS) is 12.1. The summed E-state index contributed by atoms with van der Waals surface area (Å²) < 4.78 is 6.35. The third kappa shape index (κ3) is 3.05. The number of pyridine rings is 1. The van der Waals surface area contributed by atoms with Crippen molar-refractivity contribution in [1.82, 2.24) is 4.98 Å². The van der Waals surface area contributed by atoms with Crippen LogP contribution in [0.5, 0.6) is 5.75 Å². The zero-order chi connectivity index (χ0) is 12.1. The minimum Gasteiger partial charge on any atom is -0.480 e. The molecule has 1 unspecified atom stereocenters. The summed E-state index contributed by atoms with van der Waals surface area (Å²) in [5.41, 5.74) is 0.936. The van der Waals surface area contributed by atoms with E-state index in [0.29, 0.717) is 10.4 Å². The molecule has 0 saturated heterocycles. The molecule has 0 amide bonds. The minimum atomic E-state index is -0.378. The van der Waals surface area contributed by atoms with Crippen molar-refractivity contribution >= 4 is 15.9 Å². The highest BCUT2D eigenvalue weighted by Gasteiger charge is 2.13. The monoisotopic (exact) mass is 293 g/mol. The van der Waals surface area contributed by atoms with Gasteiger partial charge in [-0.1, -0.05) is 30.3 Å². The molecule has 1 N–H and O–H groups in total. The van der Waals surface area contributed by atoms with Crippen LogP contribution in [0, 0.1) is 0 Å². The third-order valence-electron chi connectivity index (χ3n) is 2.33. The number of aromatic nitrogens is 1. The third-order valence-corrected chi connectivity index (χ3v) is 2.93. The first kappa shape index (κ1) is 12.1. The molecule has 0 aliphatic carbocycles. The summed E-state index contributed by atoms with van der Waals surface area (Å²) >= 11 is 3.31. The maximum atomic E-state index is 9.37. The van der Waals surface area contributed by atoms with E-state index in [1.165, 1.54) is 0 Å². The lowest BCUT2D eigenvalue weighted by Gasteiger charge is -2.17. The van der Waals surface area contributed by atoms with Crippen LogP contribution < -0.4 is 4.74 Å². The van der Waals surface area contributed by atoms with Crippen molar-refractivity contribution in [3.63, 3.8) is 0 Å². The van der Waals surface area contributed by atoms with Crippen LogP contribution in [-0.4, -0.2) is 16.7 Å². The molecule has 17 heavy (non-hydrogen) atoms. The Hall–Kier alpha value is -1.39. The molecule has 0 radical (unpaired) electrons. The van der Waals surface area contributed by atoms with Gasteiger partial charge in [-0.3, -0.25) is 0 Å². The van der Waals surface area contributed by atoms with Gasteiger partial charge in [-0.25, -0.2) is 4.98 Å². The predicted molar refractivity (Wildman–Crippen MR) is 68.8 cm³/mol. The highest BCUT2D eigenvalue weighted by molar-refractivity contribution is 9.10. The maximum Gasteiger partial charge on any atom is 0.153 e. The average Bonchev–Trinajstić information content (AvgIpc) is 2.39. The SMILES string of the molecule is OCC(Oc1cccnc1Br)c1ccccc1. The second-order valence-corrected chi connectivity index (χ2v) is 4.24. The molecule has 0 spiro atoms. The molecule has 3 nitrogen and oxygen atoms in total. The molecule has 4 heteroatoms. The zero-order valence-corrected chi connectivity index (χ0v) is 10.7. The van der Waals surface area contributed by atoms with Gasteiger partial charge >= 0.3 is 0 Å². The molecule has 1 atom stereocenters. The highest BCUT2D eigenvalue weighted by Crippen LogP contribution is 2.27. The van der Waals surface area contributed by atoms with Gasteiger partial charge in [-0.2, -0.15) is 0 Å². The summed E-state index contributed by atoms with van der Waals surface area (Å²) in [6.07, 6.45) is 1.30. The lowest BCUT2D eigenvalue weighted by atomic mass is 10.1. The molecule has 0 saturated carbocycles. The van der Waals surface area contributed by atoms with Crippen molar-refractivity contribution in [2.75, 3.05) is 6.61 Å². The summed E-state index contributed by atoms with van der Waals surface area (Å²) in [4.78, 5) is 4.07. The first-order valence-corrected chi connectivity index (χ1v) is 6.03. The predicted octanol–water partition coefficient (Wildman–Crippen LogP) is 2.96. The van der Waals surface area contributed by atoms with E-state index in [9.17, 15) is 5.11 Å². The Balaban J connectivity index is 2.19. The van der Waals surface area contributed by atoms with Crippen molar-refractivity contribution in [2.24, 2.45) is 0 Å². The van der Waals surface area contributed by atoms with Crippen LogP contribution in [0.15, 0.2) is 53.3 Å². The van der Waals surface area contributed by atoms with Gasteiger partial charge in [-0.15, -0.1) is 0 Å². The lowest BCUT2D eigenvalue weighted by molar-refractivity contribution is 0.115. The molecule has 0 aliphatic rings. The van der Waals surface area contributed by atoms with Gasteiger partial charge in [-0.05, 0) is 33.6 Å². The Kier molecular flexibility index (Phi) is 4.12. The standard InChI is InChI=1S/C13H12BrNO2/c14-13-11(7-4-8-15-13)17-12(9-16)10-5-2-1-3-6-10/h1-8,12,16H,9H2. The van der Waals surface area contributed by atoms with Crippen LogP contribution in [0.1, 0.15) is 11.7 Å². The average molecular weight is 294 g/mol. The second-order valence-electron chi connectivity index (χ2n) is 3.49. The van der Waals surface area contributed by atoms with Crippen molar-refractivity contribution in [2.45, 2.75) is 6.10 Å². The van der Waals surface area contributed by atoms with E-state index in [0.717, 1.165) is 5.56 Å². The fourth-order valence-electron chi connectivity index (χ4n) is 1.49. The molecule has 1 heterocycles. The molecule has 1 aromatic heterocycles. The van der Waals surface area contributed by atoms with E-state index in [1.54, 1.807) is 12.3 Å². The molecular formula is C13H12BrNO2. The Morgan fingerprint density at radius 3 is 2.59 bits per heavy atom. The van der Waals surface area contributed by atoms with Crippen molar-refractivity contribution in [3.8, 4) is 5.75 Å². The topological polar surface area (TPSA) is 42.4 Å². The van der Waals surface area contributed by atoms with Crippen LogP contribution in [0.3, 0.4) is 0 Å². The number of benzene rings is 1. The smallest absolute Gasteiger partial charge is 0.153 e. The first-order valence-electron chi connectivity index (χ1n) is 5.24. The quantitative estimate of drug-likeness (QED) is 0.882. The molecule has 0 aliphatic heterocycles. The van der Waals surface area contributed by atoms with Gasteiger partial charge in [0.1, 0.15) is 10.7 Å². The van der Waals surface area contributed by atoms with Gasteiger partial charge in [0, 0.05) is 6.20 Å². The van der Waals surface area contributed by atoms with E-state index >= 15 is 0 Å². The van der Waals surface area contributed by atoms with Gasteiger partial charge in [0.05, 0.1) is 6.61 Å². The number of halogens is 1. The van der Waals surface area contributed by atoms with E-state index in [1.807, 2.05) is 36.4 Å². The van der Waals surface area contributed by atoms with Crippen LogP contribution in [0.4, 0.5) is 0 Å². The molecule has 0 bridgehead atoms. The number of aliphatic hydroxyl groups excluding tert-OH is 1. The van der Waals surface area contributed by atoms with E-state index in [4.69, 9.17) is 4.74 Å². The summed E-state index contributed by atoms with van der Waals surface area (Å²) in [5, 5.41) is 9.37. The minimum absolute atomic E-state index is 0.0780. The number of ether oxygens (including phenoxy) is 1. The Morgan fingerprint density at radius 1 is 1.18 bits per heavy atom. The molecule has 2 aromatic rings. The Labute approximate surface area is 108 Å². The van der Waals surface area contributed by atoms with E-state index < -0.39 is 0 Å². The Bertz CT molecular complexity index is 476. The number of hydrogen-bond acceptors (Lipinski definition) is 3. The summed E-state index contributed by atoms with van der Waals surface area (Å²) in [7, 11) is 0. The van der Waals surface area contributed by atoms with Gasteiger partial charge in [0.25, 0.3) is 0 Å². The molecule has 1 aromatic carbocycles. The fraction of sp³-hybridized carbons (Fsp3) is 0.154. The van der Waals surface area contributed by atoms with Gasteiger partial charge in [0.2, 0.25) is 0 Å². The summed E-state index contributed by atoms with van der Waals surface area (Å²) in [6.45, 7) is -0.0780. The number of rotatable bonds is 4. The first-order chi connectivity index (χ1) is 8.31. The number of aliphatic hydroxyl groups is 1. The molecule has 2 rings (SSSR count). The van der Waals surface area contributed by atoms with Crippen LogP contribution in [-0.2, 0) is 0 Å². The van der Waals surface area contributed by atoms with Crippen molar-refractivity contribution < 1.29 is 9.84 Å². The molecular weight excluding hydrogens is 282 g/mol. The number of nitrogens with zero attached hydrogens (tertiary/aromatic N) is 1. The molecule has 88 valence electrons. The van der Waals surface area contributed by atoms with Gasteiger partial charge in [0.15, 0.2) is 5.75 Å². The zero-order valence-electron chi connectivity index (χ0n) is 9.08. The summed E-state index contributed by atoms with van der Waals surface area (Å²) in [6, 6.07) is 13.2. The summed E-state index contributed by atoms with van der Waals surface area (Å²) in [5.74, 6) is 0.621. The van der Waals surface area contributed by atoms with E-state index in [-0.39, 0.29) is 12.7 Å². The largest absolute Gasteiger partial charge is 0.480 e. The van der Waals surface area contributed by atoms with E-state index in [2.05, 4.69) is 20.9 Å². The second kappa shape index (κ2) is 5.80. The van der Waals surface area contributed by atoms with Crippen LogP contribution >= 0.6 is 15.9 Å². The van der Waals surface area contributed by atoms with Crippen molar-refractivity contribution in [1.29, 1.82) is 0 Å². The maximum absolute atomic E-state index is 9.37. The highest BCUT2D eigenvalue weighted by atomic mass is 79.9. The van der Waals surface area contributed by atoms with Crippen molar-refractivity contribution in [3.05, 3.63) is 58.8 Å². The van der Waals surface area contributed by atoms with Gasteiger partial charge < -0.3 is 9.84 Å². The Morgan fingerprint density at radius 2 is 1.94 bits per heavy atom.